The number of hydrogen-bond donors (Lipinski definition) is 3. The van der Waals surface area contributed by atoms with Gasteiger partial charge in [0.15, 0.2) is 5.78 Å². The molecule has 0 aliphatic carbocycles. The van der Waals surface area contributed by atoms with E-state index < -0.39 is 29.1 Å². The maximum Gasteiger partial charge on any atom is 0.198 e. The van der Waals surface area contributed by atoms with Crippen LogP contribution in [0.25, 0.3) is 22.0 Å². The van der Waals surface area contributed by atoms with Crippen molar-refractivity contribution in [2.24, 2.45) is 0 Å². The Hall–Kier alpha value is -2.44. The number of aliphatic hydroxyl groups excluding tert-OH is 1. The summed E-state index contributed by atoms with van der Waals surface area (Å²) in [6.07, 6.45) is 0.0849. The molecule has 2 heterocycles. The van der Waals surface area contributed by atoms with E-state index in [4.69, 9.17) is 11.6 Å². The Labute approximate surface area is 152 Å². The maximum atomic E-state index is 15.3. The highest BCUT2D eigenvalue weighted by atomic mass is 35.5. The highest BCUT2D eigenvalue weighted by Crippen LogP contribution is 2.40. The second kappa shape index (κ2) is 5.53. The Bertz CT molecular complexity index is 1080. The summed E-state index contributed by atoms with van der Waals surface area (Å²) in [6.45, 7) is 3.17. The van der Waals surface area contributed by atoms with Gasteiger partial charge >= 0.3 is 0 Å². The van der Waals surface area contributed by atoms with E-state index in [0.717, 1.165) is 6.07 Å². The van der Waals surface area contributed by atoms with Gasteiger partial charge in [-0.25, -0.2) is 8.78 Å². The van der Waals surface area contributed by atoms with Crippen molar-refractivity contribution in [2.45, 2.75) is 25.5 Å². The van der Waals surface area contributed by atoms with Crippen LogP contribution in [-0.2, 0) is 0 Å². The van der Waals surface area contributed by atoms with Gasteiger partial charge in [-0.3, -0.25) is 4.79 Å². The number of halogens is 3. The Morgan fingerprint density at radius 1 is 1.23 bits per heavy atom. The number of para-hydroxylation sites is 1. The molecule has 1 aromatic heterocycles. The van der Waals surface area contributed by atoms with Crippen LogP contribution in [0.4, 0.5) is 14.5 Å². The molecule has 0 bridgehead atoms. The van der Waals surface area contributed by atoms with Gasteiger partial charge in [0.25, 0.3) is 0 Å². The van der Waals surface area contributed by atoms with Crippen molar-refractivity contribution in [1.29, 1.82) is 0 Å². The SMILES string of the molecule is CC1(C)Nc2cc(F)c(-c3cccc4c(Cl)c[nH]c34)c(F)c2C(=O)C1O. The number of carbonyl (C=O) groups excluding carboxylic acids is 1. The molecule has 2 aromatic carbocycles. The van der Waals surface area contributed by atoms with Crippen LogP contribution in [0, 0.1) is 11.6 Å². The Morgan fingerprint density at radius 2 is 1.96 bits per heavy atom. The zero-order valence-corrected chi connectivity index (χ0v) is 14.7. The summed E-state index contributed by atoms with van der Waals surface area (Å²) < 4.78 is 30.1. The predicted molar refractivity (Wildman–Crippen MR) is 96.7 cm³/mol. The monoisotopic (exact) mass is 376 g/mol. The van der Waals surface area contributed by atoms with Crippen LogP contribution < -0.4 is 5.32 Å². The van der Waals surface area contributed by atoms with Crippen molar-refractivity contribution >= 4 is 34.0 Å². The molecular weight excluding hydrogens is 362 g/mol. The van der Waals surface area contributed by atoms with Crippen LogP contribution in [0.1, 0.15) is 24.2 Å². The normalized spacial score (nSPS) is 18.7. The number of H-pyrrole nitrogens is 1. The molecule has 26 heavy (non-hydrogen) atoms. The number of fused-ring (bicyclic) bond motifs is 2. The number of aromatic amines is 1. The summed E-state index contributed by atoms with van der Waals surface area (Å²) in [5, 5.41) is 14.1. The van der Waals surface area contributed by atoms with Gasteiger partial charge in [-0.1, -0.05) is 29.8 Å². The van der Waals surface area contributed by atoms with E-state index in [9.17, 15) is 14.3 Å². The topological polar surface area (TPSA) is 65.1 Å². The third-order valence-corrected chi connectivity index (χ3v) is 5.10. The number of ketones is 1. The van der Waals surface area contributed by atoms with Gasteiger partial charge < -0.3 is 15.4 Å². The number of benzene rings is 2. The highest BCUT2D eigenvalue weighted by molar-refractivity contribution is 6.36. The van der Waals surface area contributed by atoms with Crippen molar-refractivity contribution in [2.75, 3.05) is 5.32 Å². The number of nitrogens with one attached hydrogen (secondary N) is 2. The minimum Gasteiger partial charge on any atom is -0.382 e. The van der Waals surface area contributed by atoms with Gasteiger partial charge in [-0.15, -0.1) is 0 Å². The predicted octanol–water partition coefficient (Wildman–Crippen LogP) is 4.51. The molecule has 3 aromatic rings. The second-order valence-electron chi connectivity index (χ2n) is 6.95. The first-order chi connectivity index (χ1) is 12.2. The number of carbonyl (C=O) groups is 1. The fourth-order valence-corrected chi connectivity index (χ4v) is 3.63. The van der Waals surface area contributed by atoms with Crippen molar-refractivity contribution in [1.82, 2.24) is 4.98 Å². The van der Waals surface area contributed by atoms with Gasteiger partial charge in [0.2, 0.25) is 0 Å². The fourth-order valence-electron chi connectivity index (χ4n) is 3.41. The maximum absolute atomic E-state index is 15.3. The first kappa shape index (κ1) is 17.0. The number of rotatable bonds is 1. The minimum absolute atomic E-state index is 0.0285. The van der Waals surface area contributed by atoms with Crippen LogP contribution in [0.5, 0.6) is 0 Å². The van der Waals surface area contributed by atoms with Crippen LogP contribution in [0.3, 0.4) is 0 Å². The van der Waals surface area contributed by atoms with Crippen molar-refractivity contribution < 1.29 is 18.7 Å². The summed E-state index contributed by atoms with van der Waals surface area (Å²) >= 11 is 6.08. The number of aliphatic hydroxyl groups is 1. The van der Waals surface area contributed by atoms with E-state index in [1.165, 1.54) is 6.20 Å². The van der Waals surface area contributed by atoms with E-state index in [-0.39, 0.29) is 22.4 Å². The average Bonchev–Trinajstić information content (AvgIpc) is 2.94. The zero-order chi connectivity index (χ0) is 18.8. The first-order valence-corrected chi connectivity index (χ1v) is 8.38. The molecule has 3 N–H and O–H groups in total. The number of hydrogen-bond acceptors (Lipinski definition) is 3. The Kier molecular flexibility index (Phi) is 3.61. The molecule has 1 atom stereocenters. The summed E-state index contributed by atoms with van der Waals surface area (Å²) in [5.74, 6) is -2.60. The molecule has 4 rings (SSSR count). The lowest BCUT2D eigenvalue weighted by Crippen LogP contribution is -2.52. The van der Waals surface area contributed by atoms with Gasteiger partial charge in [-0.05, 0) is 19.9 Å². The van der Waals surface area contributed by atoms with Crippen molar-refractivity contribution in [3.63, 3.8) is 0 Å². The largest absolute Gasteiger partial charge is 0.382 e. The van der Waals surface area contributed by atoms with Gasteiger partial charge in [0.1, 0.15) is 17.7 Å². The summed E-state index contributed by atoms with van der Waals surface area (Å²) in [6, 6.07) is 5.99. The second-order valence-corrected chi connectivity index (χ2v) is 7.36. The first-order valence-electron chi connectivity index (χ1n) is 8.01. The number of anilines is 1. The van der Waals surface area contributed by atoms with Crippen molar-refractivity contribution in [3.8, 4) is 11.1 Å². The molecule has 0 saturated carbocycles. The smallest absolute Gasteiger partial charge is 0.198 e. The van der Waals surface area contributed by atoms with Crippen LogP contribution in [-0.4, -0.2) is 27.5 Å². The molecule has 0 radical (unpaired) electrons. The molecule has 1 unspecified atom stereocenters. The van der Waals surface area contributed by atoms with E-state index in [0.29, 0.717) is 15.9 Å². The van der Waals surface area contributed by atoms with E-state index >= 15 is 4.39 Å². The lowest BCUT2D eigenvalue weighted by molar-refractivity contribution is 0.0600. The third kappa shape index (κ3) is 2.26. The Balaban J connectivity index is 2.02. The zero-order valence-electron chi connectivity index (χ0n) is 14.0. The number of Topliss-reactive ketones (excluding diaryl/α,β-unsaturated/α-hetero) is 1. The average molecular weight is 377 g/mol. The lowest BCUT2D eigenvalue weighted by Gasteiger charge is -2.37. The van der Waals surface area contributed by atoms with Crippen LogP contribution >= 0.6 is 11.6 Å². The molecule has 0 saturated heterocycles. The van der Waals surface area contributed by atoms with Crippen molar-refractivity contribution in [3.05, 3.63) is 52.7 Å². The fraction of sp³-hybridized carbons (Fsp3) is 0.211. The minimum atomic E-state index is -1.45. The highest BCUT2D eigenvalue weighted by Gasteiger charge is 2.42. The molecule has 1 aliphatic heterocycles. The molecule has 0 amide bonds. The molecule has 0 fully saturated rings. The lowest BCUT2D eigenvalue weighted by atomic mass is 9.83. The number of aromatic nitrogens is 1. The standard InChI is InChI=1S/C19H15ClF2N2O2/c1-19(2)18(26)17(25)14-12(24-19)6-11(21)13(15(14)22)9-5-3-4-8-10(20)7-23-16(8)9/h3-7,18,23-24,26H,1-2H3. The molecule has 1 aliphatic rings. The van der Waals surface area contributed by atoms with E-state index in [2.05, 4.69) is 10.3 Å². The summed E-state index contributed by atoms with van der Waals surface area (Å²) in [7, 11) is 0. The Morgan fingerprint density at radius 3 is 2.69 bits per heavy atom. The van der Waals surface area contributed by atoms with Gasteiger partial charge in [-0.2, -0.15) is 0 Å². The molecule has 134 valence electrons. The van der Waals surface area contributed by atoms with E-state index in [1.807, 2.05) is 0 Å². The summed E-state index contributed by atoms with van der Waals surface area (Å²) in [5.41, 5.74) is -0.970. The quantitative estimate of drug-likeness (QED) is 0.585. The van der Waals surface area contributed by atoms with E-state index in [1.54, 1.807) is 32.0 Å². The third-order valence-electron chi connectivity index (χ3n) is 4.79. The molecule has 0 spiro atoms. The summed E-state index contributed by atoms with van der Waals surface area (Å²) in [4.78, 5) is 15.4. The molecule has 4 nitrogen and oxygen atoms in total. The van der Waals surface area contributed by atoms with Crippen LogP contribution in [0.15, 0.2) is 30.5 Å². The molecule has 7 heteroatoms. The van der Waals surface area contributed by atoms with Crippen LogP contribution in [0.2, 0.25) is 5.02 Å². The van der Waals surface area contributed by atoms with Gasteiger partial charge in [0, 0.05) is 17.1 Å². The van der Waals surface area contributed by atoms with Gasteiger partial charge in [0.05, 0.1) is 32.9 Å². The molecular formula is C19H15ClF2N2O2.